The molecule has 3 aliphatic carbocycles. The summed E-state index contributed by atoms with van der Waals surface area (Å²) in [6, 6.07) is 12.6. The second kappa shape index (κ2) is 9.24. The van der Waals surface area contributed by atoms with Crippen LogP contribution in [0.25, 0.3) is 0 Å². The fourth-order valence-corrected chi connectivity index (χ4v) is 5.42. The van der Waals surface area contributed by atoms with Gasteiger partial charge in [0.1, 0.15) is 17.0 Å². The highest BCUT2D eigenvalue weighted by Crippen LogP contribution is 2.60. The summed E-state index contributed by atoms with van der Waals surface area (Å²) >= 11 is 0. The third-order valence-corrected chi connectivity index (χ3v) is 7.15. The van der Waals surface area contributed by atoms with Crippen molar-refractivity contribution in [1.82, 2.24) is 0 Å². The van der Waals surface area contributed by atoms with Gasteiger partial charge < -0.3 is 19.7 Å². The van der Waals surface area contributed by atoms with E-state index in [1.807, 2.05) is 18.2 Å². The SMILES string of the molecule is CCCCCCCCCOC(=O)C1CC2(O)c3ccccc3C1(O)c1ccc(OC)cc12. The number of aliphatic hydroxyl groups is 2. The number of rotatable bonds is 10. The first-order valence-corrected chi connectivity index (χ1v) is 11.9. The van der Waals surface area contributed by atoms with Crippen LogP contribution in [-0.4, -0.2) is 29.9 Å². The molecule has 5 heteroatoms. The molecule has 0 heterocycles. The van der Waals surface area contributed by atoms with Gasteiger partial charge in [-0.25, -0.2) is 0 Å². The molecule has 0 fully saturated rings. The molecule has 32 heavy (non-hydrogen) atoms. The highest BCUT2D eigenvalue weighted by atomic mass is 16.5. The van der Waals surface area contributed by atoms with Gasteiger partial charge in [-0.2, -0.15) is 0 Å². The number of hydrogen-bond donors (Lipinski definition) is 2. The van der Waals surface area contributed by atoms with Crippen LogP contribution in [0.1, 0.15) is 80.5 Å². The Morgan fingerprint density at radius 2 is 1.59 bits per heavy atom. The minimum absolute atomic E-state index is 0.0799. The second-order valence-electron chi connectivity index (χ2n) is 9.13. The molecule has 0 aromatic heterocycles. The third-order valence-electron chi connectivity index (χ3n) is 7.15. The highest BCUT2D eigenvalue weighted by molar-refractivity contribution is 5.79. The van der Waals surface area contributed by atoms with Crippen LogP contribution < -0.4 is 4.74 Å². The van der Waals surface area contributed by atoms with Crippen LogP contribution in [0.5, 0.6) is 5.75 Å². The van der Waals surface area contributed by atoms with Crippen LogP contribution in [0.2, 0.25) is 0 Å². The average molecular weight is 439 g/mol. The Balaban J connectivity index is 1.53. The lowest BCUT2D eigenvalue weighted by molar-refractivity contribution is -0.167. The van der Waals surface area contributed by atoms with E-state index >= 15 is 0 Å². The Morgan fingerprint density at radius 1 is 0.938 bits per heavy atom. The van der Waals surface area contributed by atoms with Crippen LogP contribution in [0, 0.1) is 5.92 Å². The van der Waals surface area contributed by atoms with Crippen molar-refractivity contribution in [3.8, 4) is 5.75 Å². The predicted octanol–water partition coefficient (Wildman–Crippen LogP) is 4.79. The Labute approximate surface area is 190 Å². The molecule has 0 radical (unpaired) electrons. The van der Waals surface area contributed by atoms with E-state index in [0.717, 1.165) is 19.3 Å². The number of hydrogen-bond acceptors (Lipinski definition) is 5. The van der Waals surface area contributed by atoms with E-state index in [2.05, 4.69) is 6.92 Å². The van der Waals surface area contributed by atoms with Crippen molar-refractivity contribution in [2.45, 2.75) is 69.5 Å². The molecule has 2 N–H and O–H groups in total. The van der Waals surface area contributed by atoms with Gasteiger partial charge in [-0.05, 0) is 40.8 Å². The van der Waals surface area contributed by atoms with Crippen molar-refractivity contribution >= 4 is 5.97 Å². The molecule has 2 aromatic rings. The lowest BCUT2D eigenvalue weighted by atomic mass is 9.54. The van der Waals surface area contributed by atoms with Crippen LogP contribution in [-0.2, 0) is 20.7 Å². The standard InChI is InChI=1S/C27H34O5/c1-3-4-5-6-7-8-11-16-32-25(28)24-18-26(29)20-12-9-10-13-21(20)27(24,30)22-15-14-19(31-2)17-23(22)26/h9-10,12-15,17,24,29-30H,3-8,11,16,18H2,1-2H3. The monoisotopic (exact) mass is 438 g/mol. The summed E-state index contributed by atoms with van der Waals surface area (Å²) in [7, 11) is 1.57. The average Bonchev–Trinajstić information content (AvgIpc) is 2.82. The number of carbonyl (C=O) groups is 1. The van der Waals surface area contributed by atoms with Crippen molar-refractivity contribution in [2.75, 3.05) is 13.7 Å². The molecule has 172 valence electrons. The Kier molecular flexibility index (Phi) is 6.59. The van der Waals surface area contributed by atoms with E-state index < -0.39 is 23.1 Å². The summed E-state index contributed by atoms with van der Waals surface area (Å²) in [6.45, 7) is 2.55. The molecule has 0 amide bonds. The van der Waals surface area contributed by atoms with Crippen molar-refractivity contribution in [1.29, 1.82) is 0 Å². The van der Waals surface area contributed by atoms with E-state index in [-0.39, 0.29) is 6.42 Å². The number of carbonyl (C=O) groups excluding carboxylic acids is 1. The van der Waals surface area contributed by atoms with Gasteiger partial charge in [0, 0.05) is 6.42 Å². The zero-order valence-corrected chi connectivity index (χ0v) is 19.1. The quantitative estimate of drug-likeness (QED) is 0.412. The van der Waals surface area contributed by atoms with Gasteiger partial charge in [0.25, 0.3) is 0 Å². The third kappa shape index (κ3) is 3.71. The molecule has 0 aliphatic heterocycles. The van der Waals surface area contributed by atoms with Crippen LogP contribution in [0.15, 0.2) is 42.5 Å². The topological polar surface area (TPSA) is 76.0 Å². The molecule has 5 nitrogen and oxygen atoms in total. The smallest absolute Gasteiger partial charge is 0.312 e. The lowest BCUT2D eigenvalue weighted by Gasteiger charge is -2.53. The van der Waals surface area contributed by atoms with E-state index in [4.69, 9.17) is 9.47 Å². The molecule has 3 atom stereocenters. The number of benzene rings is 2. The highest BCUT2D eigenvalue weighted by Gasteiger charge is 2.62. The van der Waals surface area contributed by atoms with Gasteiger partial charge in [-0.1, -0.05) is 75.8 Å². The zero-order valence-electron chi connectivity index (χ0n) is 19.1. The largest absolute Gasteiger partial charge is 0.497 e. The minimum Gasteiger partial charge on any atom is -0.497 e. The predicted molar refractivity (Wildman–Crippen MR) is 122 cm³/mol. The lowest BCUT2D eigenvalue weighted by Crippen LogP contribution is -2.57. The summed E-state index contributed by atoms with van der Waals surface area (Å²) in [5, 5.41) is 23.8. The Hall–Kier alpha value is -2.37. The molecule has 2 aromatic carbocycles. The van der Waals surface area contributed by atoms with E-state index in [9.17, 15) is 15.0 Å². The normalized spacial score (nSPS) is 25.2. The number of ether oxygens (including phenoxy) is 2. The summed E-state index contributed by atoms with van der Waals surface area (Å²) in [5.74, 6) is -0.718. The first kappa shape index (κ1) is 22.8. The maximum absolute atomic E-state index is 13.1. The summed E-state index contributed by atoms with van der Waals surface area (Å²) in [4.78, 5) is 13.1. The fourth-order valence-electron chi connectivity index (χ4n) is 5.42. The summed E-state index contributed by atoms with van der Waals surface area (Å²) in [6.07, 6.45) is 8.05. The van der Waals surface area contributed by atoms with Crippen molar-refractivity contribution in [3.05, 3.63) is 64.7 Å². The number of unbranched alkanes of at least 4 members (excludes halogenated alkanes) is 6. The van der Waals surface area contributed by atoms with Gasteiger partial charge >= 0.3 is 5.97 Å². The van der Waals surface area contributed by atoms with Crippen LogP contribution >= 0.6 is 0 Å². The number of methoxy groups -OCH3 is 1. The number of fused-ring (bicyclic) bond motifs is 1. The molecule has 0 saturated heterocycles. The van der Waals surface area contributed by atoms with Crippen LogP contribution in [0.4, 0.5) is 0 Å². The van der Waals surface area contributed by atoms with Gasteiger partial charge in [0.15, 0.2) is 0 Å². The molecule has 3 unspecified atom stereocenters. The zero-order chi connectivity index (χ0) is 22.8. The van der Waals surface area contributed by atoms with Gasteiger partial charge in [0.05, 0.1) is 19.6 Å². The van der Waals surface area contributed by atoms with Gasteiger partial charge in [-0.3, -0.25) is 4.79 Å². The first-order chi connectivity index (χ1) is 15.5. The molecule has 5 rings (SSSR count). The summed E-state index contributed by atoms with van der Waals surface area (Å²) < 4.78 is 11.0. The molecule has 2 bridgehead atoms. The molecule has 3 aliphatic rings. The van der Waals surface area contributed by atoms with Gasteiger partial charge in [-0.15, -0.1) is 0 Å². The second-order valence-corrected chi connectivity index (χ2v) is 9.13. The maximum Gasteiger partial charge on any atom is 0.312 e. The molecule has 0 spiro atoms. The van der Waals surface area contributed by atoms with E-state index in [0.29, 0.717) is 34.6 Å². The molecular formula is C27H34O5. The number of esters is 1. The Bertz CT molecular complexity index is 970. The maximum atomic E-state index is 13.1. The van der Waals surface area contributed by atoms with Crippen molar-refractivity contribution in [3.63, 3.8) is 0 Å². The van der Waals surface area contributed by atoms with E-state index in [1.165, 1.54) is 25.7 Å². The minimum atomic E-state index is -1.54. The van der Waals surface area contributed by atoms with Crippen molar-refractivity contribution < 1.29 is 24.5 Å². The fraction of sp³-hybridized carbons (Fsp3) is 0.519. The van der Waals surface area contributed by atoms with Crippen LogP contribution in [0.3, 0.4) is 0 Å². The van der Waals surface area contributed by atoms with Crippen molar-refractivity contribution in [2.24, 2.45) is 5.92 Å². The summed E-state index contributed by atoms with van der Waals surface area (Å²) in [5.41, 5.74) is -0.574. The first-order valence-electron chi connectivity index (χ1n) is 11.9. The van der Waals surface area contributed by atoms with E-state index in [1.54, 1.807) is 31.4 Å². The molecular weight excluding hydrogens is 404 g/mol. The van der Waals surface area contributed by atoms with Gasteiger partial charge in [0.2, 0.25) is 0 Å². The Morgan fingerprint density at radius 3 is 2.31 bits per heavy atom. The molecule has 0 saturated carbocycles.